The number of thioether (sulfide) groups is 1. The van der Waals surface area contributed by atoms with Gasteiger partial charge in [0.1, 0.15) is 18.6 Å². The lowest BCUT2D eigenvalue weighted by Crippen LogP contribution is -2.49. The van der Waals surface area contributed by atoms with Gasteiger partial charge in [0, 0.05) is 18.6 Å². The number of rotatable bonds is 24. The van der Waals surface area contributed by atoms with Gasteiger partial charge in [-0.2, -0.15) is 0 Å². The summed E-state index contributed by atoms with van der Waals surface area (Å²) in [6, 6.07) is -2.34. The number of hydrogen-bond acceptors (Lipinski definition) is 7. The van der Waals surface area contributed by atoms with Crippen molar-refractivity contribution in [2.45, 2.75) is 109 Å². The lowest BCUT2D eigenvalue weighted by atomic mass is 10.1. The summed E-state index contributed by atoms with van der Waals surface area (Å²) < 4.78 is 0. The molecule has 0 spiro atoms. The molecule has 0 fully saturated rings. The van der Waals surface area contributed by atoms with Crippen molar-refractivity contribution in [3.05, 3.63) is 24.3 Å². The molecule has 0 rings (SSSR count). The van der Waals surface area contributed by atoms with Gasteiger partial charge in [0.25, 0.3) is 0 Å². The summed E-state index contributed by atoms with van der Waals surface area (Å²) in [5, 5.41) is 22.1. The number of allylic oxidation sites excluding steroid dienone is 4. The molecule has 0 saturated heterocycles. The molecule has 2 unspecified atom stereocenters. The number of nitrogens with two attached hydrogens (primary N) is 1. The molecule has 0 saturated carbocycles. The van der Waals surface area contributed by atoms with E-state index < -0.39 is 42.4 Å². The summed E-state index contributed by atoms with van der Waals surface area (Å²) in [6.45, 7) is 1.58. The first-order chi connectivity index (χ1) is 18.7. The van der Waals surface area contributed by atoms with Crippen molar-refractivity contribution in [3.63, 3.8) is 0 Å². The van der Waals surface area contributed by atoms with Gasteiger partial charge >= 0.3 is 11.9 Å². The van der Waals surface area contributed by atoms with E-state index in [4.69, 9.17) is 15.9 Å². The molecule has 6 N–H and O–H groups in total. The molecule has 0 aromatic heterocycles. The Balaban J connectivity index is 4.18. The van der Waals surface area contributed by atoms with Gasteiger partial charge in [0.2, 0.25) is 11.8 Å². The van der Waals surface area contributed by atoms with Crippen LogP contribution in [0.1, 0.15) is 96.8 Å². The van der Waals surface area contributed by atoms with Gasteiger partial charge in [0.15, 0.2) is 5.12 Å². The van der Waals surface area contributed by atoms with Crippen molar-refractivity contribution in [3.8, 4) is 0 Å². The highest BCUT2D eigenvalue weighted by atomic mass is 32.2. The molecule has 10 nitrogen and oxygen atoms in total. The van der Waals surface area contributed by atoms with Gasteiger partial charge in [-0.15, -0.1) is 0 Å². The molecule has 222 valence electrons. The lowest BCUT2D eigenvalue weighted by molar-refractivity contribution is -0.139. The number of aliphatic carboxylic acids is 2. The summed E-state index contributed by atoms with van der Waals surface area (Å²) in [6.07, 6.45) is 20.8. The minimum Gasteiger partial charge on any atom is -0.480 e. The van der Waals surface area contributed by atoms with Crippen molar-refractivity contribution in [1.29, 1.82) is 0 Å². The average Bonchev–Trinajstić information content (AvgIpc) is 2.90. The van der Waals surface area contributed by atoms with E-state index in [1.807, 2.05) is 0 Å². The predicted octanol–water partition coefficient (Wildman–Crippen LogP) is 3.94. The lowest BCUT2D eigenvalue weighted by Gasteiger charge is -2.18. The molecule has 11 heteroatoms. The maximum atomic E-state index is 12.3. The van der Waals surface area contributed by atoms with E-state index >= 15 is 0 Å². The summed E-state index contributed by atoms with van der Waals surface area (Å²) in [5.74, 6) is -3.88. The molecule has 0 aliphatic heterocycles. The normalized spacial score (nSPS) is 12.9. The number of carbonyl (C=O) groups is 5. The molecule has 0 heterocycles. The Kier molecular flexibility index (Phi) is 22.7. The monoisotopic (exact) mass is 569 g/mol. The third-order valence-corrected chi connectivity index (χ3v) is 6.83. The third-order valence-electron chi connectivity index (χ3n) is 5.81. The van der Waals surface area contributed by atoms with Crippen LogP contribution < -0.4 is 16.4 Å². The Morgan fingerprint density at radius 3 is 2.08 bits per heavy atom. The minimum atomic E-state index is -1.24. The second-order valence-corrected chi connectivity index (χ2v) is 10.5. The Hall–Kier alpha value is -2.66. The molecule has 0 aliphatic carbocycles. The minimum absolute atomic E-state index is 0.0543. The summed E-state index contributed by atoms with van der Waals surface area (Å²) in [4.78, 5) is 58.3. The van der Waals surface area contributed by atoms with Crippen molar-refractivity contribution in [2.75, 3.05) is 12.3 Å². The van der Waals surface area contributed by atoms with E-state index in [9.17, 15) is 24.0 Å². The zero-order valence-corrected chi connectivity index (χ0v) is 24.0. The fourth-order valence-corrected chi connectivity index (χ4v) is 4.35. The molecule has 0 aromatic carbocycles. The van der Waals surface area contributed by atoms with E-state index in [1.165, 1.54) is 19.3 Å². The van der Waals surface area contributed by atoms with Gasteiger partial charge in [-0.05, 0) is 44.9 Å². The van der Waals surface area contributed by atoms with E-state index in [-0.39, 0.29) is 23.7 Å². The van der Waals surface area contributed by atoms with Crippen molar-refractivity contribution in [2.24, 2.45) is 5.73 Å². The summed E-state index contributed by atoms with van der Waals surface area (Å²) >= 11 is 0.910. The second kappa shape index (κ2) is 24.4. The van der Waals surface area contributed by atoms with Crippen molar-refractivity contribution < 1.29 is 34.2 Å². The molecule has 0 aromatic rings. The standard InChI is InChI=1S/C28H47N3O7S/c1-2-3-4-5-6-7-8-9-10-11-12-13-14-15-16-17-26(35)39-21-23(27(36)30-20-25(33)34)31-24(32)19-18-22(29)28(37)38/h6-7,9-10,22-23H,2-5,8,11-21,29H2,1H3,(H,30,36)(H,31,32)(H,33,34)(H,37,38)/b7-6+,10-9+. The molecule has 2 atom stereocenters. The van der Waals surface area contributed by atoms with Crippen LogP contribution in [-0.4, -0.2) is 63.5 Å². The van der Waals surface area contributed by atoms with Crippen molar-refractivity contribution >= 4 is 40.6 Å². The fraction of sp³-hybridized carbons (Fsp3) is 0.679. The average molecular weight is 570 g/mol. The molecule has 0 aliphatic rings. The van der Waals surface area contributed by atoms with E-state index in [0.717, 1.165) is 63.1 Å². The summed E-state index contributed by atoms with van der Waals surface area (Å²) in [5.41, 5.74) is 5.39. The van der Waals surface area contributed by atoms with E-state index in [0.29, 0.717) is 6.42 Å². The maximum absolute atomic E-state index is 12.3. The number of unbranched alkanes of at least 4 members (excludes halogenated alkanes) is 8. The van der Waals surface area contributed by atoms with Crippen LogP contribution in [0.4, 0.5) is 0 Å². The first kappa shape index (κ1) is 36.3. The highest BCUT2D eigenvalue weighted by molar-refractivity contribution is 8.13. The Morgan fingerprint density at radius 2 is 1.46 bits per heavy atom. The number of carboxylic acid groups (broad SMARTS) is 2. The van der Waals surface area contributed by atoms with Crippen molar-refractivity contribution in [1.82, 2.24) is 10.6 Å². The largest absolute Gasteiger partial charge is 0.480 e. The van der Waals surface area contributed by atoms with Gasteiger partial charge in [0.05, 0.1) is 0 Å². The predicted molar refractivity (Wildman–Crippen MR) is 154 cm³/mol. The molecule has 0 radical (unpaired) electrons. The topological polar surface area (TPSA) is 176 Å². The first-order valence-corrected chi connectivity index (χ1v) is 14.9. The summed E-state index contributed by atoms with van der Waals surface area (Å²) in [7, 11) is 0. The zero-order valence-electron chi connectivity index (χ0n) is 23.2. The van der Waals surface area contributed by atoms with Crippen LogP contribution in [0, 0.1) is 0 Å². The Labute approximate surface area is 236 Å². The SMILES string of the molecule is CCCCC/C=C/C/C=C/CCCCCCCC(=O)SCC(NC(=O)CCC(N)C(=O)O)C(=O)NCC(=O)O. The van der Waals surface area contributed by atoms with Crippen LogP contribution in [0.15, 0.2) is 24.3 Å². The number of amides is 2. The van der Waals surface area contributed by atoms with Gasteiger partial charge in [-0.1, -0.05) is 75.1 Å². The smallest absolute Gasteiger partial charge is 0.322 e. The van der Waals surface area contributed by atoms with Gasteiger partial charge in [-0.25, -0.2) is 0 Å². The van der Waals surface area contributed by atoms with Crippen LogP contribution in [0.5, 0.6) is 0 Å². The second-order valence-electron chi connectivity index (χ2n) is 9.38. The van der Waals surface area contributed by atoms with Crippen LogP contribution in [0.2, 0.25) is 0 Å². The first-order valence-electron chi connectivity index (χ1n) is 13.9. The zero-order chi connectivity index (χ0) is 29.3. The fourth-order valence-electron chi connectivity index (χ4n) is 3.47. The molecule has 2 amide bonds. The molecular formula is C28H47N3O7S. The molecular weight excluding hydrogens is 522 g/mol. The number of carboxylic acids is 2. The highest BCUT2D eigenvalue weighted by Crippen LogP contribution is 2.14. The van der Waals surface area contributed by atoms with Gasteiger partial charge < -0.3 is 26.6 Å². The Bertz CT molecular complexity index is 802. The highest BCUT2D eigenvalue weighted by Gasteiger charge is 2.23. The molecule has 0 bridgehead atoms. The van der Waals surface area contributed by atoms with E-state index in [1.54, 1.807) is 0 Å². The third kappa shape index (κ3) is 23.0. The molecule has 39 heavy (non-hydrogen) atoms. The van der Waals surface area contributed by atoms with Crippen LogP contribution in [-0.2, 0) is 24.0 Å². The van der Waals surface area contributed by atoms with Crippen LogP contribution in [0.3, 0.4) is 0 Å². The number of nitrogens with one attached hydrogen (secondary N) is 2. The maximum Gasteiger partial charge on any atom is 0.322 e. The van der Waals surface area contributed by atoms with Crippen LogP contribution >= 0.6 is 11.8 Å². The Morgan fingerprint density at radius 1 is 0.846 bits per heavy atom. The van der Waals surface area contributed by atoms with E-state index in [2.05, 4.69) is 41.9 Å². The van der Waals surface area contributed by atoms with Gasteiger partial charge in [-0.3, -0.25) is 24.0 Å². The van der Waals surface area contributed by atoms with Crippen LogP contribution in [0.25, 0.3) is 0 Å². The number of carbonyl (C=O) groups excluding carboxylic acids is 3. The number of hydrogen-bond donors (Lipinski definition) is 5. The quantitative estimate of drug-likeness (QED) is 0.0851.